The molecule has 0 saturated carbocycles. The fraction of sp³-hybridized carbons (Fsp3) is 0. The minimum Gasteiger partial charge on any atom is -0.399 e. The summed E-state index contributed by atoms with van der Waals surface area (Å²) in [5, 5.41) is 7.49. The zero-order valence-corrected chi connectivity index (χ0v) is 5.73. The Hall–Kier alpha value is -1.71. The van der Waals surface area contributed by atoms with E-state index in [0.717, 1.165) is 11.0 Å². The van der Waals surface area contributed by atoms with Crippen LogP contribution < -0.4 is 5.73 Å². The Kier molecular flexibility index (Phi) is 1.18. The molecule has 2 N–H and O–H groups in total. The van der Waals surface area contributed by atoms with Crippen molar-refractivity contribution in [2.45, 2.75) is 0 Å². The van der Waals surface area contributed by atoms with Gasteiger partial charge in [-0.3, -0.25) is 0 Å². The number of anilines is 1. The van der Waals surface area contributed by atoms with E-state index < -0.39 is 0 Å². The maximum absolute atomic E-state index is 5.54. The third-order valence-electron chi connectivity index (χ3n) is 1.41. The van der Waals surface area contributed by atoms with Gasteiger partial charge in [-0.2, -0.15) is 0 Å². The zero-order chi connectivity index (χ0) is 7.68. The average molecular weight is 146 g/mol. The van der Waals surface area contributed by atoms with Crippen molar-refractivity contribution in [2.75, 3.05) is 5.73 Å². The Morgan fingerprint density at radius 1 is 1.18 bits per heavy atom. The lowest BCUT2D eigenvalue weighted by atomic mass is 10.3. The Bertz CT molecular complexity index is 385. The molecule has 0 radical (unpaired) electrons. The first-order chi connectivity index (χ1) is 5.36. The van der Waals surface area contributed by atoms with Crippen molar-refractivity contribution in [1.82, 2.24) is 15.2 Å². The van der Waals surface area contributed by atoms with E-state index in [9.17, 15) is 0 Å². The van der Waals surface area contributed by atoms with Crippen molar-refractivity contribution >= 4 is 16.7 Å². The maximum atomic E-state index is 5.54. The maximum Gasteiger partial charge on any atom is 0.138 e. The number of nitrogens with two attached hydrogens (primary N) is 1. The minimum absolute atomic E-state index is 0.693. The summed E-state index contributed by atoms with van der Waals surface area (Å²) in [7, 11) is 0. The number of fused-ring (bicyclic) bond motifs is 1. The van der Waals surface area contributed by atoms with E-state index in [0.29, 0.717) is 5.69 Å². The molecule has 1 heterocycles. The summed E-state index contributed by atoms with van der Waals surface area (Å²) in [5.41, 5.74) is 7.77. The molecule has 0 fully saturated rings. The molecule has 0 saturated heterocycles. The highest BCUT2D eigenvalue weighted by atomic mass is 15.1. The van der Waals surface area contributed by atoms with Crippen molar-refractivity contribution < 1.29 is 0 Å². The lowest BCUT2D eigenvalue weighted by molar-refractivity contribution is 1.02. The lowest BCUT2D eigenvalue weighted by Gasteiger charge is -1.94. The largest absolute Gasteiger partial charge is 0.399 e. The van der Waals surface area contributed by atoms with E-state index in [-0.39, 0.29) is 0 Å². The molecule has 0 aliphatic heterocycles. The molecule has 54 valence electrons. The monoisotopic (exact) mass is 146 g/mol. The first-order valence-electron chi connectivity index (χ1n) is 3.19. The summed E-state index contributed by atoms with van der Waals surface area (Å²) >= 11 is 0. The van der Waals surface area contributed by atoms with Gasteiger partial charge in [0.1, 0.15) is 11.8 Å². The third-order valence-corrected chi connectivity index (χ3v) is 1.41. The predicted octanol–water partition coefficient (Wildman–Crippen LogP) is 0.607. The molecule has 2 aromatic rings. The van der Waals surface area contributed by atoms with Gasteiger partial charge < -0.3 is 5.73 Å². The van der Waals surface area contributed by atoms with E-state index >= 15 is 0 Å². The van der Waals surface area contributed by atoms with Crippen molar-refractivity contribution in [3.8, 4) is 0 Å². The van der Waals surface area contributed by atoms with Crippen LogP contribution in [-0.4, -0.2) is 15.2 Å². The van der Waals surface area contributed by atoms with Crippen molar-refractivity contribution in [3.05, 3.63) is 24.5 Å². The Balaban J connectivity index is 2.83. The fourth-order valence-corrected chi connectivity index (χ4v) is 0.904. The molecule has 0 amide bonds. The predicted molar refractivity (Wildman–Crippen MR) is 41.7 cm³/mol. The van der Waals surface area contributed by atoms with Crippen LogP contribution >= 0.6 is 0 Å². The van der Waals surface area contributed by atoms with Crippen molar-refractivity contribution in [3.63, 3.8) is 0 Å². The SMILES string of the molecule is Nc1ccc2nncnc2c1. The average Bonchev–Trinajstić information content (AvgIpc) is 2.04. The number of rotatable bonds is 0. The second-order valence-corrected chi connectivity index (χ2v) is 2.21. The van der Waals surface area contributed by atoms with Crippen molar-refractivity contribution in [2.24, 2.45) is 0 Å². The Labute approximate surface area is 63.1 Å². The number of nitrogen functional groups attached to an aromatic ring is 1. The van der Waals surface area contributed by atoms with E-state index in [2.05, 4.69) is 15.2 Å². The van der Waals surface area contributed by atoms with Gasteiger partial charge in [0.2, 0.25) is 0 Å². The van der Waals surface area contributed by atoms with Gasteiger partial charge in [0.25, 0.3) is 0 Å². The van der Waals surface area contributed by atoms with Crippen LogP contribution in [0.1, 0.15) is 0 Å². The Morgan fingerprint density at radius 3 is 3.00 bits per heavy atom. The van der Waals surface area contributed by atoms with Crippen LogP contribution in [0.3, 0.4) is 0 Å². The first kappa shape index (κ1) is 6.03. The topological polar surface area (TPSA) is 64.7 Å². The van der Waals surface area contributed by atoms with Crippen LogP contribution in [0, 0.1) is 0 Å². The quantitative estimate of drug-likeness (QED) is 0.553. The molecular weight excluding hydrogens is 140 g/mol. The van der Waals surface area contributed by atoms with Gasteiger partial charge in [-0.15, -0.1) is 10.2 Å². The lowest BCUT2D eigenvalue weighted by Crippen LogP contribution is -1.89. The summed E-state index contributed by atoms with van der Waals surface area (Å²) in [5.74, 6) is 0. The molecule has 4 heteroatoms. The van der Waals surface area contributed by atoms with Gasteiger partial charge in [-0.25, -0.2) is 4.98 Å². The molecule has 4 nitrogen and oxygen atoms in total. The summed E-state index contributed by atoms with van der Waals surface area (Å²) in [6, 6.07) is 5.34. The Morgan fingerprint density at radius 2 is 2.09 bits per heavy atom. The summed E-state index contributed by atoms with van der Waals surface area (Å²) in [6.45, 7) is 0. The molecule has 1 aromatic carbocycles. The van der Waals surface area contributed by atoms with Crippen LogP contribution in [0.15, 0.2) is 24.5 Å². The molecule has 1 aromatic heterocycles. The highest BCUT2D eigenvalue weighted by Crippen LogP contribution is 2.10. The van der Waals surface area contributed by atoms with Crippen molar-refractivity contribution in [1.29, 1.82) is 0 Å². The van der Waals surface area contributed by atoms with Crippen LogP contribution in [-0.2, 0) is 0 Å². The van der Waals surface area contributed by atoms with Gasteiger partial charge in [-0.1, -0.05) is 0 Å². The van der Waals surface area contributed by atoms with E-state index in [1.54, 1.807) is 18.2 Å². The van der Waals surface area contributed by atoms with E-state index in [1.807, 2.05) is 0 Å². The van der Waals surface area contributed by atoms with E-state index in [1.165, 1.54) is 6.33 Å². The summed E-state index contributed by atoms with van der Waals surface area (Å²) in [6.07, 6.45) is 1.40. The molecular formula is C7H6N4. The van der Waals surface area contributed by atoms with Crippen LogP contribution in [0.5, 0.6) is 0 Å². The standard InChI is InChI=1S/C7H6N4/c8-5-1-2-6-7(3-5)9-4-10-11-6/h1-4H,8H2. The highest BCUT2D eigenvalue weighted by Gasteiger charge is 1.93. The molecule has 11 heavy (non-hydrogen) atoms. The van der Waals surface area contributed by atoms with Gasteiger partial charge >= 0.3 is 0 Å². The van der Waals surface area contributed by atoms with Crippen LogP contribution in [0.2, 0.25) is 0 Å². The number of hydrogen-bond donors (Lipinski definition) is 1. The number of nitrogens with zero attached hydrogens (tertiary/aromatic N) is 3. The summed E-state index contributed by atoms with van der Waals surface area (Å²) in [4.78, 5) is 3.99. The van der Waals surface area contributed by atoms with Gasteiger partial charge in [-0.05, 0) is 18.2 Å². The molecule has 2 rings (SSSR count). The third kappa shape index (κ3) is 0.980. The molecule has 0 aliphatic rings. The number of benzene rings is 1. The van der Waals surface area contributed by atoms with Gasteiger partial charge in [0.15, 0.2) is 0 Å². The van der Waals surface area contributed by atoms with E-state index in [4.69, 9.17) is 5.73 Å². The molecule has 0 unspecified atom stereocenters. The first-order valence-corrected chi connectivity index (χ1v) is 3.19. The number of aromatic nitrogens is 3. The minimum atomic E-state index is 0.693. The smallest absolute Gasteiger partial charge is 0.138 e. The second kappa shape index (κ2) is 2.16. The highest BCUT2D eigenvalue weighted by molar-refractivity contribution is 5.76. The number of hydrogen-bond acceptors (Lipinski definition) is 4. The van der Waals surface area contributed by atoms with Gasteiger partial charge in [0.05, 0.1) is 5.52 Å². The molecule has 0 atom stereocenters. The normalized spacial score (nSPS) is 10.2. The van der Waals surface area contributed by atoms with Gasteiger partial charge in [0, 0.05) is 5.69 Å². The second-order valence-electron chi connectivity index (χ2n) is 2.21. The molecule has 0 bridgehead atoms. The van der Waals surface area contributed by atoms with Crippen LogP contribution in [0.25, 0.3) is 11.0 Å². The zero-order valence-electron chi connectivity index (χ0n) is 5.73. The molecule has 0 aliphatic carbocycles. The summed E-state index contributed by atoms with van der Waals surface area (Å²) < 4.78 is 0. The van der Waals surface area contributed by atoms with Crippen LogP contribution in [0.4, 0.5) is 5.69 Å². The molecule has 0 spiro atoms. The fourth-order valence-electron chi connectivity index (χ4n) is 0.904.